The van der Waals surface area contributed by atoms with Gasteiger partial charge in [0.05, 0.1) is 24.3 Å². The van der Waals surface area contributed by atoms with Crippen LogP contribution >= 0.6 is 0 Å². The highest BCUT2D eigenvalue weighted by atomic mass is 19.4. The van der Waals surface area contributed by atoms with E-state index in [9.17, 15) is 27.6 Å². The van der Waals surface area contributed by atoms with E-state index in [0.717, 1.165) is 17.7 Å². The number of nitrogens with zero attached hydrogens (tertiary/aromatic N) is 1. The quantitative estimate of drug-likeness (QED) is 0.336. The molecule has 40 heavy (non-hydrogen) atoms. The Kier molecular flexibility index (Phi) is 8.42. The summed E-state index contributed by atoms with van der Waals surface area (Å²) < 4.78 is 44.5. The highest BCUT2D eigenvalue weighted by Gasteiger charge is 2.37. The maximum atomic E-state index is 13.3. The Morgan fingerprint density at radius 1 is 1.00 bits per heavy atom. The molecule has 2 amide bonds. The predicted octanol–water partition coefficient (Wildman–Crippen LogP) is 6.62. The number of carbonyl (C=O) groups is 3. The summed E-state index contributed by atoms with van der Waals surface area (Å²) in [5, 5.41) is 2.85. The number of rotatable bonds is 7. The van der Waals surface area contributed by atoms with E-state index in [1.54, 1.807) is 38.1 Å². The molecule has 1 unspecified atom stereocenters. The fourth-order valence-corrected chi connectivity index (χ4v) is 4.70. The summed E-state index contributed by atoms with van der Waals surface area (Å²) in [4.78, 5) is 40.6. The first-order chi connectivity index (χ1) is 19.0. The van der Waals surface area contributed by atoms with Gasteiger partial charge in [-0.25, -0.2) is 4.79 Å². The fraction of sp³-hybridized carbons (Fsp3) is 0.258. The van der Waals surface area contributed by atoms with Gasteiger partial charge in [0.2, 0.25) is 5.91 Å². The van der Waals surface area contributed by atoms with Gasteiger partial charge in [0.15, 0.2) is 0 Å². The molecular weight excluding hydrogens is 521 g/mol. The number of benzene rings is 3. The Balaban J connectivity index is 1.61. The normalized spacial score (nSPS) is 15.7. The van der Waals surface area contributed by atoms with E-state index in [-0.39, 0.29) is 37.0 Å². The molecule has 1 aliphatic rings. The fourth-order valence-electron chi connectivity index (χ4n) is 4.70. The minimum absolute atomic E-state index is 0.0962. The van der Waals surface area contributed by atoms with Crippen molar-refractivity contribution in [1.29, 1.82) is 0 Å². The number of anilines is 1. The molecule has 0 saturated heterocycles. The lowest BCUT2D eigenvalue weighted by molar-refractivity contribution is -0.140. The Labute approximate surface area is 230 Å². The van der Waals surface area contributed by atoms with Gasteiger partial charge in [-0.2, -0.15) is 13.2 Å². The molecule has 9 heteroatoms. The molecule has 0 aliphatic carbocycles. The average molecular weight is 551 g/mol. The van der Waals surface area contributed by atoms with Gasteiger partial charge in [-0.15, -0.1) is 0 Å². The third-order valence-corrected chi connectivity index (χ3v) is 6.80. The third-order valence-electron chi connectivity index (χ3n) is 6.80. The molecule has 1 heterocycles. The first-order valence-corrected chi connectivity index (χ1v) is 12.8. The van der Waals surface area contributed by atoms with Gasteiger partial charge in [-0.1, -0.05) is 42.0 Å². The summed E-state index contributed by atoms with van der Waals surface area (Å²) in [6.07, 6.45) is -4.62. The molecule has 208 valence electrons. The van der Waals surface area contributed by atoms with Crippen LogP contribution in [0.1, 0.15) is 58.8 Å². The number of carbonyl (C=O) groups excluding carboxylic acids is 3. The van der Waals surface area contributed by atoms with Crippen molar-refractivity contribution in [3.05, 3.63) is 112 Å². The van der Waals surface area contributed by atoms with Crippen LogP contribution in [0.5, 0.6) is 0 Å². The smallest absolute Gasteiger partial charge is 0.416 e. The third kappa shape index (κ3) is 6.42. The van der Waals surface area contributed by atoms with Crippen molar-refractivity contribution in [2.45, 2.75) is 45.8 Å². The van der Waals surface area contributed by atoms with Crippen molar-refractivity contribution in [1.82, 2.24) is 4.90 Å². The van der Waals surface area contributed by atoms with Gasteiger partial charge in [0.25, 0.3) is 5.91 Å². The molecule has 3 aromatic rings. The lowest BCUT2D eigenvalue weighted by Gasteiger charge is -2.34. The van der Waals surface area contributed by atoms with Crippen LogP contribution in [0.4, 0.5) is 18.9 Å². The molecule has 1 aliphatic heterocycles. The van der Waals surface area contributed by atoms with Crippen molar-refractivity contribution in [2.75, 3.05) is 11.9 Å². The highest BCUT2D eigenvalue weighted by Crippen LogP contribution is 2.39. The van der Waals surface area contributed by atoms with Crippen molar-refractivity contribution < 1.29 is 32.3 Å². The maximum Gasteiger partial charge on any atom is 0.416 e. The number of ether oxygens (including phenoxy) is 1. The zero-order valence-corrected chi connectivity index (χ0v) is 22.3. The van der Waals surface area contributed by atoms with Gasteiger partial charge >= 0.3 is 12.1 Å². The number of esters is 1. The number of aryl methyl sites for hydroxylation is 1. The molecule has 0 aromatic heterocycles. The van der Waals surface area contributed by atoms with Crippen molar-refractivity contribution in [3.8, 4) is 0 Å². The SMILES string of the molecule is CCOC(=O)C1=C(C)N(Cc2cccc(C(=O)Nc3ccc(C)cc3)c2)C(=O)CC1c1ccc(C(F)(F)F)cc1. The number of allylic oxidation sites excluding steroid dienone is 1. The van der Waals surface area contributed by atoms with Gasteiger partial charge in [-0.05, 0) is 68.3 Å². The Morgan fingerprint density at radius 2 is 1.68 bits per heavy atom. The second-order valence-corrected chi connectivity index (χ2v) is 9.60. The van der Waals surface area contributed by atoms with E-state index in [1.807, 2.05) is 31.2 Å². The molecule has 3 aromatic carbocycles. The van der Waals surface area contributed by atoms with Crippen molar-refractivity contribution >= 4 is 23.5 Å². The van der Waals surface area contributed by atoms with Crippen molar-refractivity contribution in [2.24, 2.45) is 0 Å². The average Bonchev–Trinajstić information content (AvgIpc) is 2.92. The van der Waals surface area contributed by atoms with Crippen LogP contribution in [0, 0.1) is 6.92 Å². The number of hydrogen-bond acceptors (Lipinski definition) is 4. The summed E-state index contributed by atoms with van der Waals surface area (Å²) in [6.45, 7) is 5.42. The van der Waals surface area contributed by atoms with Crippen LogP contribution in [-0.2, 0) is 27.0 Å². The molecule has 0 saturated carbocycles. The molecule has 1 N–H and O–H groups in total. The van der Waals surface area contributed by atoms with Crippen LogP contribution in [0.2, 0.25) is 0 Å². The van der Waals surface area contributed by atoms with Gasteiger partial charge in [-0.3, -0.25) is 9.59 Å². The molecule has 1 atom stereocenters. The summed E-state index contributed by atoms with van der Waals surface area (Å²) in [5.41, 5.74) is 2.96. The topological polar surface area (TPSA) is 75.7 Å². The maximum absolute atomic E-state index is 13.3. The van der Waals surface area contributed by atoms with Gasteiger partial charge in [0, 0.05) is 29.3 Å². The number of alkyl halides is 3. The molecule has 4 rings (SSSR count). The number of nitrogens with one attached hydrogen (secondary N) is 1. The molecule has 6 nitrogen and oxygen atoms in total. The molecule has 0 fully saturated rings. The predicted molar refractivity (Wildman–Crippen MR) is 144 cm³/mol. The van der Waals surface area contributed by atoms with E-state index >= 15 is 0 Å². The first kappa shape index (κ1) is 28.6. The van der Waals surface area contributed by atoms with E-state index in [2.05, 4.69) is 5.32 Å². The van der Waals surface area contributed by atoms with E-state index < -0.39 is 23.6 Å². The number of hydrogen-bond donors (Lipinski definition) is 1. The largest absolute Gasteiger partial charge is 0.463 e. The number of halogens is 3. The Hall–Kier alpha value is -4.40. The zero-order valence-electron chi connectivity index (χ0n) is 22.3. The van der Waals surface area contributed by atoms with E-state index in [4.69, 9.17) is 4.74 Å². The minimum atomic E-state index is -4.50. The Bertz CT molecular complexity index is 1440. The Morgan fingerprint density at radius 3 is 2.30 bits per heavy atom. The second kappa shape index (κ2) is 11.8. The van der Waals surface area contributed by atoms with Crippen molar-refractivity contribution in [3.63, 3.8) is 0 Å². The summed E-state index contributed by atoms with van der Waals surface area (Å²) in [7, 11) is 0. The monoisotopic (exact) mass is 550 g/mol. The minimum Gasteiger partial charge on any atom is -0.463 e. The van der Waals surface area contributed by atoms with E-state index in [1.165, 1.54) is 17.0 Å². The molecule has 0 bridgehead atoms. The second-order valence-electron chi connectivity index (χ2n) is 9.60. The number of amides is 2. The van der Waals surface area contributed by atoms with Crippen LogP contribution in [-0.4, -0.2) is 29.3 Å². The van der Waals surface area contributed by atoms with E-state index in [0.29, 0.717) is 28.1 Å². The summed E-state index contributed by atoms with van der Waals surface area (Å²) in [5.74, 6) is -1.99. The van der Waals surface area contributed by atoms with Crippen LogP contribution in [0.3, 0.4) is 0 Å². The van der Waals surface area contributed by atoms with Crippen LogP contribution in [0.15, 0.2) is 84.1 Å². The lowest BCUT2D eigenvalue weighted by atomic mass is 9.83. The van der Waals surface area contributed by atoms with Gasteiger partial charge in [0.1, 0.15) is 0 Å². The molecule has 0 spiro atoms. The summed E-state index contributed by atoms with van der Waals surface area (Å²) >= 11 is 0. The van der Waals surface area contributed by atoms with Gasteiger partial charge < -0.3 is 15.0 Å². The standard InChI is InChI=1S/C31H29F3N2O4/c1-4-40-30(39)28-20(3)36(27(37)17-26(28)22-10-12-24(13-11-22)31(32,33)34)18-21-6-5-7-23(16-21)29(38)35-25-14-8-19(2)9-15-25/h5-16,26H,4,17-18H2,1-3H3,(H,35,38). The van der Waals surface area contributed by atoms with Crippen LogP contribution in [0.25, 0.3) is 0 Å². The molecular formula is C31H29F3N2O4. The lowest BCUT2D eigenvalue weighted by Crippen LogP contribution is -2.38. The summed E-state index contributed by atoms with van der Waals surface area (Å²) in [6, 6.07) is 18.7. The highest BCUT2D eigenvalue weighted by molar-refractivity contribution is 6.04. The molecule has 0 radical (unpaired) electrons. The first-order valence-electron chi connectivity index (χ1n) is 12.8. The van der Waals surface area contributed by atoms with Crippen LogP contribution < -0.4 is 5.32 Å². The zero-order chi connectivity index (χ0) is 29.0.